The topological polar surface area (TPSA) is 118 Å². The number of aromatic hydroxyl groups is 1. The number of rotatable bonds is 10. The lowest BCUT2D eigenvalue weighted by Crippen LogP contribution is -2.34. The molecule has 0 fully saturated rings. The van der Waals surface area contributed by atoms with Crippen LogP contribution in [0, 0.1) is 11.8 Å². The number of benzene rings is 2. The van der Waals surface area contributed by atoms with Crippen LogP contribution in [0.4, 0.5) is 5.69 Å². The lowest BCUT2D eigenvalue weighted by atomic mass is 10.0. The molecular formula is C28H31ClN4O4. The zero-order valence-corrected chi connectivity index (χ0v) is 21.4. The highest BCUT2D eigenvalue weighted by Crippen LogP contribution is 2.29. The first-order valence-electron chi connectivity index (χ1n) is 12.3. The predicted octanol–water partition coefficient (Wildman–Crippen LogP) is 3.53. The van der Waals surface area contributed by atoms with Gasteiger partial charge in [-0.1, -0.05) is 23.7 Å². The summed E-state index contributed by atoms with van der Waals surface area (Å²) in [5.74, 6) is 6.11. The first kappa shape index (κ1) is 26.7. The molecule has 2 aromatic carbocycles. The van der Waals surface area contributed by atoms with Gasteiger partial charge in [-0.05, 0) is 48.9 Å². The molecule has 3 aromatic rings. The highest BCUT2D eigenvalue weighted by molar-refractivity contribution is 6.33. The molecule has 2 atom stereocenters. The van der Waals surface area contributed by atoms with E-state index in [1.165, 1.54) is 12.1 Å². The van der Waals surface area contributed by atoms with Crippen LogP contribution in [0.25, 0.3) is 10.9 Å². The molecular weight excluding hydrogens is 492 g/mol. The third kappa shape index (κ3) is 6.90. The van der Waals surface area contributed by atoms with E-state index in [0.29, 0.717) is 52.7 Å². The number of hydrogen-bond acceptors (Lipinski definition) is 6. The van der Waals surface area contributed by atoms with Gasteiger partial charge in [0.2, 0.25) is 11.5 Å². The fourth-order valence-corrected chi connectivity index (χ4v) is 4.70. The van der Waals surface area contributed by atoms with Crippen molar-refractivity contribution in [3.05, 3.63) is 69.0 Å². The average Bonchev–Trinajstić information content (AvgIpc) is 2.89. The van der Waals surface area contributed by atoms with Gasteiger partial charge in [-0.25, -0.2) is 0 Å². The Balaban J connectivity index is 1.27. The number of anilines is 1. The number of carbonyl (C=O) groups is 1. The molecule has 37 heavy (non-hydrogen) atoms. The number of carbonyl (C=O) groups excluding carboxylic acids is 1. The molecule has 1 aromatic heterocycles. The second-order valence-corrected chi connectivity index (χ2v) is 9.68. The lowest BCUT2D eigenvalue weighted by Gasteiger charge is -2.27. The number of nitrogens with zero attached hydrogens (tertiary/aromatic N) is 1. The van der Waals surface area contributed by atoms with E-state index in [1.54, 1.807) is 24.3 Å². The van der Waals surface area contributed by atoms with E-state index in [2.05, 4.69) is 32.4 Å². The summed E-state index contributed by atoms with van der Waals surface area (Å²) in [7, 11) is 2.03. The number of phenolic OH excluding ortho intramolecular Hbond substituents is 1. The van der Waals surface area contributed by atoms with E-state index >= 15 is 0 Å². The maximum absolute atomic E-state index is 12.5. The zero-order chi connectivity index (χ0) is 26.4. The van der Waals surface area contributed by atoms with E-state index in [0.717, 1.165) is 24.8 Å². The van der Waals surface area contributed by atoms with Gasteiger partial charge in [0.05, 0.1) is 22.3 Å². The minimum absolute atomic E-state index is 0.0514. The summed E-state index contributed by atoms with van der Waals surface area (Å²) in [6.07, 6.45) is 2.31. The molecule has 8 nitrogen and oxygen atoms in total. The minimum Gasteiger partial charge on any atom is -0.506 e. The summed E-state index contributed by atoms with van der Waals surface area (Å²) >= 11 is 6.42. The van der Waals surface area contributed by atoms with E-state index < -0.39 is 6.10 Å². The van der Waals surface area contributed by atoms with Gasteiger partial charge in [0, 0.05) is 56.4 Å². The van der Waals surface area contributed by atoms with Crippen molar-refractivity contribution in [1.82, 2.24) is 15.2 Å². The summed E-state index contributed by atoms with van der Waals surface area (Å²) in [6.45, 7) is 1.36. The quantitative estimate of drug-likeness (QED) is 0.260. The van der Waals surface area contributed by atoms with Crippen molar-refractivity contribution in [3.8, 4) is 17.6 Å². The molecule has 0 saturated heterocycles. The van der Waals surface area contributed by atoms with E-state index in [-0.39, 0.29) is 23.8 Å². The maximum atomic E-state index is 12.5. The molecule has 5 N–H and O–H groups in total. The first-order valence-corrected chi connectivity index (χ1v) is 12.7. The first-order chi connectivity index (χ1) is 17.8. The standard InChI is InChI=1S/C28H31ClN4O4/c1-33(19-5-3-2-4-6-19)14-13-27(37)31-23-10-7-18(15-22(23)29)16-30-17-25(35)20-8-11-24(34)28-21(20)9-12-26(36)32-28/h7-12,15,19,25,30,34-35H,3,5-6,13-14,16-17H2,1H3,(H,31,37)(H,32,36)/t19?,25-/m0/s1. The summed E-state index contributed by atoms with van der Waals surface area (Å²) in [6, 6.07) is 11.9. The van der Waals surface area contributed by atoms with Crippen LogP contribution in [-0.4, -0.2) is 52.2 Å². The molecule has 1 unspecified atom stereocenters. The monoisotopic (exact) mass is 522 g/mol. The number of H-pyrrole nitrogens is 1. The van der Waals surface area contributed by atoms with Crippen LogP contribution in [0.5, 0.6) is 5.75 Å². The summed E-state index contributed by atoms with van der Waals surface area (Å²) in [4.78, 5) is 28.8. The van der Waals surface area contributed by atoms with Crippen LogP contribution < -0.4 is 16.2 Å². The Bertz CT molecular complexity index is 1390. The molecule has 0 aliphatic heterocycles. The van der Waals surface area contributed by atoms with Gasteiger partial charge >= 0.3 is 0 Å². The van der Waals surface area contributed by atoms with Crippen molar-refractivity contribution in [2.75, 3.05) is 25.5 Å². The van der Waals surface area contributed by atoms with Gasteiger partial charge in [-0.3, -0.25) is 9.59 Å². The summed E-state index contributed by atoms with van der Waals surface area (Å²) in [5, 5.41) is 27.8. The fraction of sp³-hybridized carbons (Fsp3) is 0.357. The van der Waals surface area contributed by atoms with Crippen LogP contribution in [0.15, 0.2) is 47.3 Å². The van der Waals surface area contributed by atoms with E-state index in [1.807, 2.05) is 13.1 Å². The van der Waals surface area contributed by atoms with Gasteiger partial charge in [-0.15, -0.1) is 11.8 Å². The number of fused-ring (bicyclic) bond motifs is 1. The Hall–Kier alpha value is -3.35. The van der Waals surface area contributed by atoms with E-state index in [4.69, 9.17) is 11.6 Å². The van der Waals surface area contributed by atoms with Gasteiger partial charge in [0.25, 0.3) is 0 Å². The molecule has 0 saturated carbocycles. The molecule has 1 heterocycles. The van der Waals surface area contributed by atoms with Gasteiger partial charge in [0.15, 0.2) is 0 Å². The normalized spacial score (nSPS) is 15.8. The highest BCUT2D eigenvalue weighted by atomic mass is 35.5. The second kappa shape index (κ2) is 12.3. The Labute approximate surface area is 220 Å². The molecule has 194 valence electrons. The number of aromatic nitrogens is 1. The fourth-order valence-electron chi connectivity index (χ4n) is 4.45. The molecule has 4 rings (SSSR count). The van der Waals surface area contributed by atoms with Crippen molar-refractivity contribution in [3.63, 3.8) is 0 Å². The molecule has 0 radical (unpaired) electrons. The Kier molecular flexibility index (Phi) is 8.85. The SMILES string of the molecule is CN(CCC(=O)Nc1ccc(CNC[C@H](O)c2ccc(O)c3[nH]c(=O)ccc23)cc1Cl)C1CC#CCC1. The number of hydrogen-bond donors (Lipinski definition) is 5. The summed E-state index contributed by atoms with van der Waals surface area (Å²) in [5.41, 5.74) is 2.02. The second-order valence-electron chi connectivity index (χ2n) is 9.28. The maximum Gasteiger partial charge on any atom is 0.248 e. The van der Waals surface area contributed by atoms with Crippen molar-refractivity contribution < 1.29 is 15.0 Å². The smallest absolute Gasteiger partial charge is 0.248 e. The Morgan fingerprint density at radius 2 is 2.08 bits per heavy atom. The number of halogens is 1. The molecule has 0 bridgehead atoms. The van der Waals surface area contributed by atoms with Crippen LogP contribution in [0.3, 0.4) is 0 Å². The predicted molar refractivity (Wildman–Crippen MR) is 146 cm³/mol. The van der Waals surface area contributed by atoms with Crippen LogP contribution in [-0.2, 0) is 11.3 Å². The van der Waals surface area contributed by atoms with Gasteiger partial charge in [0.1, 0.15) is 5.75 Å². The number of aromatic amines is 1. The lowest BCUT2D eigenvalue weighted by molar-refractivity contribution is -0.116. The third-order valence-corrected chi connectivity index (χ3v) is 6.93. The third-order valence-electron chi connectivity index (χ3n) is 6.62. The van der Waals surface area contributed by atoms with Gasteiger partial charge < -0.3 is 30.7 Å². The van der Waals surface area contributed by atoms with Crippen LogP contribution in [0.2, 0.25) is 5.02 Å². The van der Waals surface area contributed by atoms with Crippen LogP contribution in [0.1, 0.15) is 42.9 Å². The Morgan fingerprint density at radius 1 is 1.24 bits per heavy atom. The molecule has 1 aliphatic rings. The zero-order valence-electron chi connectivity index (χ0n) is 20.7. The number of phenols is 1. The number of aliphatic hydroxyl groups excluding tert-OH is 1. The van der Waals surface area contributed by atoms with Crippen LogP contribution >= 0.6 is 11.6 Å². The number of nitrogens with one attached hydrogen (secondary N) is 3. The van der Waals surface area contributed by atoms with Crippen molar-refractivity contribution in [2.24, 2.45) is 0 Å². The van der Waals surface area contributed by atoms with Gasteiger partial charge in [-0.2, -0.15) is 0 Å². The Morgan fingerprint density at radius 3 is 2.84 bits per heavy atom. The number of pyridine rings is 1. The van der Waals surface area contributed by atoms with Crippen molar-refractivity contribution >= 4 is 34.1 Å². The number of aliphatic hydroxyl groups is 1. The molecule has 0 spiro atoms. The van der Waals surface area contributed by atoms with Crippen molar-refractivity contribution in [2.45, 2.75) is 44.4 Å². The molecule has 1 aliphatic carbocycles. The van der Waals surface area contributed by atoms with E-state index in [9.17, 15) is 19.8 Å². The van der Waals surface area contributed by atoms with Crippen molar-refractivity contribution in [1.29, 1.82) is 0 Å². The number of amides is 1. The highest BCUT2D eigenvalue weighted by Gasteiger charge is 2.17. The average molecular weight is 523 g/mol. The largest absolute Gasteiger partial charge is 0.506 e. The summed E-state index contributed by atoms with van der Waals surface area (Å²) < 4.78 is 0. The minimum atomic E-state index is -0.859. The molecule has 9 heteroatoms. The molecule has 1 amide bonds.